The van der Waals surface area contributed by atoms with Gasteiger partial charge in [-0.25, -0.2) is 4.79 Å². The van der Waals surface area contributed by atoms with Crippen molar-refractivity contribution in [2.45, 2.75) is 33.9 Å². The summed E-state index contributed by atoms with van der Waals surface area (Å²) in [6.07, 6.45) is 0. The van der Waals surface area contributed by atoms with Crippen LogP contribution < -0.4 is 5.73 Å². The monoisotopic (exact) mass is 273 g/mol. The number of nitrogens with zero attached hydrogens (tertiary/aromatic N) is 2. The fourth-order valence-electron chi connectivity index (χ4n) is 1.94. The first kappa shape index (κ1) is 14.1. The Morgan fingerprint density at radius 2 is 1.95 bits per heavy atom. The molecule has 5 heteroatoms. The topological polar surface area (TPSA) is 70.1 Å². The Hall–Kier alpha value is -2.30. The van der Waals surface area contributed by atoms with E-state index in [4.69, 9.17) is 10.5 Å². The van der Waals surface area contributed by atoms with Gasteiger partial charge in [-0.3, -0.25) is 4.68 Å². The fourth-order valence-corrected chi connectivity index (χ4v) is 1.94. The number of anilines is 1. The zero-order valence-corrected chi connectivity index (χ0v) is 12.0. The summed E-state index contributed by atoms with van der Waals surface area (Å²) < 4.78 is 6.88. The quantitative estimate of drug-likeness (QED) is 0.869. The molecule has 0 fully saturated rings. The number of benzene rings is 1. The molecule has 2 N–H and O–H groups in total. The van der Waals surface area contributed by atoms with Gasteiger partial charge in [0.1, 0.15) is 6.61 Å². The van der Waals surface area contributed by atoms with Gasteiger partial charge in [-0.1, -0.05) is 29.8 Å². The minimum Gasteiger partial charge on any atom is -0.456 e. The molecule has 1 aromatic carbocycles. The Labute approximate surface area is 118 Å². The minimum absolute atomic E-state index is 0.229. The number of ether oxygens (including phenoxy) is 1. The molecule has 0 aliphatic carbocycles. The van der Waals surface area contributed by atoms with Crippen molar-refractivity contribution in [3.63, 3.8) is 0 Å². The number of carbonyl (C=O) groups excluding carboxylic acids is 1. The number of rotatable bonds is 4. The Balaban J connectivity index is 2.11. The second-order valence-electron chi connectivity index (χ2n) is 4.73. The molecule has 0 aliphatic heterocycles. The molecule has 5 nitrogen and oxygen atoms in total. The van der Waals surface area contributed by atoms with E-state index < -0.39 is 5.97 Å². The smallest absolute Gasteiger partial charge is 0.359 e. The molecular formula is C15H19N3O2. The molecule has 0 unspecified atom stereocenters. The number of aryl methyl sites for hydroxylation is 3. The van der Waals surface area contributed by atoms with Crippen LogP contribution in [0.25, 0.3) is 0 Å². The lowest BCUT2D eigenvalue weighted by Crippen LogP contribution is -2.14. The van der Waals surface area contributed by atoms with E-state index in [0.717, 1.165) is 5.56 Å². The van der Waals surface area contributed by atoms with Crippen molar-refractivity contribution in [1.29, 1.82) is 0 Å². The summed E-state index contributed by atoms with van der Waals surface area (Å²) in [6.45, 7) is 6.50. The van der Waals surface area contributed by atoms with Gasteiger partial charge in [0.05, 0.1) is 11.4 Å². The Bertz CT molecular complexity index is 615. The SMILES string of the molecule is CCn1nc(C)c(N)c1C(=O)OCc1ccc(C)cc1. The van der Waals surface area contributed by atoms with Crippen LogP contribution in [0.1, 0.15) is 34.2 Å². The summed E-state index contributed by atoms with van der Waals surface area (Å²) in [5.74, 6) is -0.439. The van der Waals surface area contributed by atoms with Crippen LogP contribution in [-0.4, -0.2) is 15.7 Å². The second kappa shape index (κ2) is 5.77. The fraction of sp³-hybridized carbons (Fsp3) is 0.333. The first-order chi connectivity index (χ1) is 9.52. The van der Waals surface area contributed by atoms with E-state index in [1.807, 2.05) is 38.1 Å². The normalized spacial score (nSPS) is 10.6. The van der Waals surface area contributed by atoms with Crippen LogP contribution in [0.4, 0.5) is 5.69 Å². The molecule has 0 bridgehead atoms. The number of hydrogen-bond donors (Lipinski definition) is 1. The van der Waals surface area contributed by atoms with Gasteiger partial charge in [0, 0.05) is 6.54 Å². The first-order valence-corrected chi connectivity index (χ1v) is 6.58. The van der Waals surface area contributed by atoms with Gasteiger partial charge in [-0.2, -0.15) is 5.10 Å². The summed E-state index contributed by atoms with van der Waals surface area (Å²) in [5, 5.41) is 4.21. The van der Waals surface area contributed by atoms with Crippen LogP contribution in [0.2, 0.25) is 0 Å². The molecule has 0 atom stereocenters. The van der Waals surface area contributed by atoms with Crippen LogP contribution in [-0.2, 0) is 17.9 Å². The largest absolute Gasteiger partial charge is 0.456 e. The molecular weight excluding hydrogens is 254 g/mol. The van der Waals surface area contributed by atoms with E-state index in [-0.39, 0.29) is 6.61 Å². The maximum atomic E-state index is 12.1. The first-order valence-electron chi connectivity index (χ1n) is 6.58. The molecule has 0 saturated heterocycles. The molecule has 0 spiro atoms. The number of nitrogen functional groups attached to an aromatic ring is 1. The van der Waals surface area contributed by atoms with E-state index in [1.54, 1.807) is 11.6 Å². The second-order valence-corrected chi connectivity index (χ2v) is 4.73. The highest BCUT2D eigenvalue weighted by atomic mass is 16.5. The molecule has 106 valence electrons. The van der Waals surface area contributed by atoms with Crippen molar-refractivity contribution in [2.24, 2.45) is 0 Å². The third kappa shape index (κ3) is 2.82. The van der Waals surface area contributed by atoms with Crippen molar-refractivity contribution in [3.8, 4) is 0 Å². The van der Waals surface area contributed by atoms with Gasteiger partial charge in [-0.15, -0.1) is 0 Å². The van der Waals surface area contributed by atoms with Crippen molar-refractivity contribution in [1.82, 2.24) is 9.78 Å². The number of aromatic nitrogens is 2. The average Bonchev–Trinajstić information content (AvgIpc) is 2.73. The van der Waals surface area contributed by atoms with Crippen LogP contribution in [0.15, 0.2) is 24.3 Å². The zero-order chi connectivity index (χ0) is 14.7. The van der Waals surface area contributed by atoms with Crippen LogP contribution >= 0.6 is 0 Å². The Morgan fingerprint density at radius 1 is 1.30 bits per heavy atom. The summed E-state index contributed by atoms with van der Waals surface area (Å²) in [6, 6.07) is 7.85. The number of carbonyl (C=O) groups is 1. The highest BCUT2D eigenvalue weighted by Gasteiger charge is 2.20. The average molecular weight is 273 g/mol. The highest BCUT2D eigenvalue weighted by Crippen LogP contribution is 2.18. The van der Waals surface area contributed by atoms with E-state index in [0.29, 0.717) is 23.6 Å². The van der Waals surface area contributed by atoms with E-state index in [9.17, 15) is 4.79 Å². The minimum atomic E-state index is -0.439. The van der Waals surface area contributed by atoms with Crippen LogP contribution in [0, 0.1) is 13.8 Å². The van der Waals surface area contributed by atoms with Gasteiger partial charge >= 0.3 is 5.97 Å². The Morgan fingerprint density at radius 3 is 2.55 bits per heavy atom. The molecule has 0 aliphatic rings. The summed E-state index contributed by atoms with van der Waals surface area (Å²) in [5.41, 5.74) is 9.37. The molecule has 0 radical (unpaired) electrons. The van der Waals surface area contributed by atoms with E-state index >= 15 is 0 Å². The number of nitrogens with two attached hydrogens (primary N) is 1. The highest BCUT2D eigenvalue weighted by molar-refractivity contribution is 5.93. The van der Waals surface area contributed by atoms with Gasteiger partial charge in [0.25, 0.3) is 0 Å². The lowest BCUT2D eigenvalue weighted by molar-refractivity contribution is 0.0459. The molecule has 2 aromatic rings. The number of esters is 1. The van der Waals surface area contributed by atoms with Crippen LogP contribution in [0.3, 0.4) is 0 Å². The van der Waals surface area contributed by atoms with Crippen molar-refractivity contribution < 1.29 is 9.53 Å². The third-order valence-corrected chi connectivity index (χ3v) is 3.16. The van der Waals surface area contributed by atoms with Gasteiger partial charge in [-0.05, 0) is 26.3 Å². The summed E-state index contributed by atoms with van der Waals surface area (Å²) >= 11 is 0. The van der Waals surface area contributed by atoms with Crippen molar-refractivity contribution in [3.05, 3.63) is 46.8 Å². The maximum Gasteiger partial charge on any atom is 0.359 e. The van der Waals surface area contributed by atoms with Crippen molar-refractivity contribution in [2.75, 3.05) is 5.73 Å². The number of hydrogen-bond acceptors (Lipinski definition) is 4. The van der Waals surface area contributed by atoms with E-state index in [2.05, 4.69) is 5.10 Å². The predicted molar refractivity (Wildman–Crippen MR) is 77.3 cm³/mol. The Kier molecular flexibility index (Phi) is 4.08. The van der Waals surface area contributed by atoms with Gasteiger partial charge in [0.2, 0.25) is 0 Å². The molecule has 20 heavy (non-hydrogen) atoms. The van der Waals surface area contributed by atoms with Gasteiger partial charge < -0.3 is 10.5 Å². The summed E-state index contributed by atoms with van der Waals surface area (Å²) in [4.78, 5) is 12.1. The predicted octanol–water partition coefficient (Wildman–Crippen LogP) is 2.46. The molecule has 0 amide bonds. The molecule has 1 heterocycles. The van der Waals surface area contributed by atoms with E-state index in [1.165, 1.54) is 5.56 Å². The lowest BCUT2D eigenvalue weighted by Gasteiger charge is -2.07. The third-order valence-electron chi connectivity index (χ3n) is 3.16. The zero-order valence-electron chi connectivity index (χ0n) is 12.0. The molecule has 1 aromatic heterocycles. The standard InChI is InChI=1S/C15H19N3O2/c1-4-18-14(13(16)11(3)17-18)15(19)20-9-12-7-5-10(2)6-8-12/h5-8H,4,9,16H2,1-3H3. The van der Waals surface area contributed by atoms with Crippen molar-refractivity contribution >= 4 is 11.7 Å². The molecule has 0 saturated carbocycles. The molecule has 2 rings (SSSR count). The lowest BCUT2D eigenvalue weighted by atomic mass is 10.2. The maximum absolute atomic E-state index is 12.1. The summed E-state index contributed by atoms with van der Waals surface area (Å²) in [7, 11) is 0. The van der Waals surface area contributed by atoms with Gasteiger partial charge in [0.15, 0.2) is 5.69 Å². The van der Waals surface area contributed by atoms with Crippen LogP contribution in [0.5, 0.6) is 0 Å².